The van der Waals surface area contributed by atoms with Crippen LogP contribution in [0.3, 0.4) is 0 Å². The Labute approximate surface area is 142 Å². The Bertz CT molecular complexity index is 934. The molecule has 0 bridgehead atoms. The van der Waals surface area contributed by atoms with Crippen LogP contribution in [-0.4, -0.2) is 8.42 Å². The van der Waals surface area contributed by atoms with Gasteiger partial charge in [-0.2, -0.15) is 0 Å². The van der Waals surface area contributed by atoms with Gasteiger partial charge in [-0.05, 0) is 54.2 Å². The Morgan fingerprint density at radius 3 is 2.67 bits per heavy atom. The molecular formula is C19H20N2O2S. The van der Waals surface area contributed by atoms with E-state index in [1.54, 1.807) is 12.1 Å². The molecule has 2 aliphatic rings. The van der Waals surface area contributed by atoms with Gasteiger partial charge >= 0.3 is 0 Å². The van der Waals surface area contributed by atoms with E-state index in [1.165, 1.54) is 11.1 Å². The van der Waals surface area contributed by atoms with E-state index in [4.69, 9.17) is 5.14 Å². The standard InChI is InChI=1S/C19H20N2O2S/c1-12-5-2-3-6-14(12)19-16-8-4-7-15(16)17-11-13(24(20,22)23)9-10-18(17)21-19/h2-7,9-11,15-16,19,21H,8H2,1H3,(H2,20,22,23). The van der Waals surface area contributed by atoms with E-state index < -0.39 is 10.0 Å². The van der Waals surface area contributed by atoms with Gasteiger partial charge in [0, 0.05) is 11.6 Å². The van der Waals surface area contributed by atoms with Gasteiger partial charge in [-0.25, -0.2) is 13.6 Å². The molecule has 24 heavy (non-hydrogen) atoms. The van der Waals surface area contributed by atoms with E-state index in [2.05, 4.69) is 48.7 Å². The number of anilines is 1. The molecule has 1 aliphatic carbocycles. The van der Waals surface area contributed by atoms with Crippen LogP contribution in [0.25, 0.3) is 0 Å². The third-order valence-corrected chi connectivity index (χ3v) is 6.10. The van der Waals surface area contributed by atoms with E-state index in [9.17, 15) is 8.42 Å². The average molecular weight is 340 g/mol. The summed E-state index contributed by atoms with van der Waals surface area (Å²) < 4.78 is 23.4. The zero-order valence-corrected chi connectivity index (χ0v) is 14.3. The Morgan fingerprint density at radius 1 is 1.12 bits per heavy atom. The van der Waals surface area contributed by atoms with Gasteiger partial charge in [0.25, 0.3) is 0 Å². The number of primary sulfonamides is 1. The van der Waals surface area contributed by atoms with Crippen LogP contribution in [0.2, 0.25) is 0 Å². The molecule has 2 aromatic carbocycles. The minimum absolute atomic E-state index is 0.177. The van der Waals surface area contributed by atoms with Crippen molar-refractivity contribution in [2.24, 2.45) is 11.1 Å². The first-order chi connectivity index (χ1) is 11.4. The topological polar surface area (TPSA) is 72.2 Å². The van der Waals surface area contributed by atoms with Gasteiger partial charge in [0.15, 0.2) is 0 Å². The number of nitrogens with two attached hydrogens (primary N) is 1. The highest BCUT2D eigenvalue weighted by Crippen LogP contribution is 2.50. The van der Waals surface area contributed by atoms with Crippen LogP contribution in [0, 0.1) is 12.8 Å². The smallest absolute Gasteiger partial charge is 0.238 e. The molecule has 1 heterocycles. The minimum atomic E-state index is -3.69. The van der Waals surface area contributed by atoms with Gasteiger partial charge < -0.3 is 5.32 Å². The lowest BCUT2D eigenvalue weighted by Crippen LogP contribution is -2.30. The highest BCUT2D eigenvalue weighted by molar-refractivity contribution is 7.89. The van der Waals surface area contributed by atoms with Crippen LogP contribution >= 0.6 is 0 Å². The van der Waals surface area contributed by atoms with Crippen molar-refractivity contribution in [3.63, 3.8) is 0 Å². The fraction of sp³-hybridized carbons (Fsp3) is 0.263. The molecule has 3 N–H and O–H groups in total. The summed E-state index contributed by atoms with van der Waals surface area (Å²) in [5.41, 5.74) is 4.58. The second-order valence-electron chi connectivity index (χ2n) is 6.63. The van der Waals surface area contributed by atoms with E-state index in [0.717, 1.165) is 17.7 Å². The fourth-order valence-electron chi connectivity index (χ4n) is 3.99. The van der Waals surface area contributed by atoms with E-state index >= 15 is 0 Å². The molecule has 4 rings (SSSR count). The Balaban J connectivity index is 1.82. The third-order valence-electron chi connectivity index (χ3n) is 5.19. The number of hydrogen-bond acceptors (Lipinski definition) is 3. The van der Waals surface area contributed by atoms with E-state index in [1.807, 2.05) is 6.07 Å². The van der Waals surface area contributed by atoms with Crippen LogP contribution in [-0.2, 0) is 10.0 Å². The molecule has 5 heteroatoms. The van der Waals surface area contributed by atoms with Crippen LogP contribution in [0.15, 0.2) is 59.5 Å². The van der Waals surface area contributed by atoms with Crippen molar-refractivity contribution >= 4 is 15.7 Å². The maximum Gasteiger partial charge on any atom is 0.238 e. The van der Waals surface area contributed by atoms with Crippen molar-refractivity contribution in [1.82, 2.24) is 0 Å². The van der Waals surface area contributed by atoms with Crippen LogP contribution < -0.4 is 10.5 Å². The number of nitrogens with one attached hydrogen (secondary N) is 1. The van der Waals surface area contributed by atoms with Crippen molar-refractivity contribution < 1.29 is 8.42 Å². The number of fused-ring (bicyclic) bond motifs is 3. The number of aryl methyl sites for hydroxylation is 1. The minimum Gasteiger partial charge on any atom is -0.378 e. The van der Waals surface area contributed by atoms with Crippen molar-refractivity contribution in [3.8, 4) is 0 Å². The van der Waals surface area contributed by atoms with Crippen LogP contribution in [0.5, 0.6) is 0 Å². The highest BCUT2D eigenvalue weighted by Gasteiger charge is 2.38. The summed E-state index contributed by atoms with van der Waals surface area (Å²) in [6.45, 7) is 2.13. The van der Waals surface area contributed by atoms with Crippen molar-refractivity contribution in [1.29, 1.82) is 0 Å². The van der Waals surface area contributed by atoms with E-state index in [-0.39, 0.29) is 16.9 Å². The number of hydrogen-bond donors (Lipinski definition) is 2. The average Bonchev–Trinajstić information content (AvgIpc) is 3.03. The van der Waals surface area contributed by atoms with Gasteiger partial charge in [0.1, 0.15) is 0 Å². The summed E-state index contributed by atoms with van der Waals surface area (Å²) in [6.07, 6.45) is 5.37. The molecule has 0 saturated carbocycles. The molecule has 0 amide bonds. The molecular weight excluding hydrogens is 320 g/mol. The molecule has 0 spiro atoms. The third kappa shape index (κ3) is 2.44. The maximum absolute atomic E-state index is 11.7. The lowest BCUT2D eigenvalue weighted by Gasteiger charge is -2.38. The first kappa shape index (κ1) is 15.4. The summed E-state index contributed by atoms with van der Waals surface area (Å²) in [5.74, 6) is 0.599. The molecule has 0 aromatic heterocycles. The lowest BCUT2D eigenvalue weighted by molar-refractivity contribution is 0.424. The summed E-state index contributed by atoms with van der Waals surface area (Å²) in [7, 11) is -3.69. The normalized spacial score (nSPS) is 25.0. The van der Waals surface area contributed by atoms with Gasteiger partial charge in [0.2, 0.25) is 10.0 Å². The Hall–Kier alpha value is -2.11. The van der Waals surface area contributed by atoms with Crippen molar-refractivity contribution in [3.05, 3.63) is 71.3 Å². The number of rotatable bonds is 2. The molecule has 1 aliphatic heterocycles. The fourth-order valence-corrected chi connectivity index (χ4v) is 4.54. The van der Waals surface area contributed by atoms with Crippen molar-refractivity contribution in [2.45, 2.75) is 30.2 Å². The number of sulfonamides is 1. The first-order valence-electron chi connectivity index (χ1n) is 8.10. The van der Waals surface area contributed by atoms with Crippen LogP contribution in [0.1, 0.15) is 35.1 Å². The second kappa shape index (κ2) is 5.46. The number of allylic oxidation sites excluding steroid dienone is 2. The summed E-state index contributed by atoms with van der Waals surface area (Å²) in [5, 5.41) is 8.93. The highest BCUT2D eigenvalue weighted by atomic mass is 32.2. The molecule has 0 fully saturated rings. The van der Waals surface area contributed by atoms with E-state index in [0.29, 0.717) is 5.92 Å². The molecule has 0 radical (unpaired) electrons. The number of benzene rings is 2. The van der Waals surface area contributed by atoms with Crippen molar-refractivity contribution in [2.75, 3.05) is 5.32 Å². The van der Waals surface area contributed by atoms with Gasteiger partial charge in [0.05, 0.1) is 10.9 Å². The summed E-state index contributed by atoms with van der Waals surface area (Å²) in [6, 6.07) is 13.8. The molecule has 4 nitrogen and oxygen atoms in total. The molecule has 3 unspecified atom stereocenters. The second-order valence-corrected chi connectivity index (χ2v) is 8.19. The molecule has 2 aromatic rings. The zero-order valence-electron chi connectivity index (χ0n) is 13.4. The van der Waals surface area contributed by atoms with Gasteiger partial charge in [-0.1, -0.05) is 36.4 Å². The quantitative estimate of drug-likeness (QED) is 0.822. The first-order valence-corrected chi connectivity index (χ1v) is 9.65. The summed E-state index contributed by atoms with van der Waals surface area (Å²) in [4.78, 5) is 0.177. The Kier molecular flexibility index (Phi) is 3.51. The lowest BCUT2D eigenvalue weighted by atomic mass is 9.76. The Morgan fingerprint density at radius 2 is 1.92 bits per heavy atom. The van der Waals surface area contributed by atoms with Crippen LogP contribution in [0.4, 0.5) is 5.69 Å². The zero-order chi connectivity index (χ0) is 16.9. The monoisotopic (exact) mass is 340 g/mol. The van der Waals surface area contributed by atoms with Gasteiger partial charge in [-0.15, -0.1) is 0 Å². The largest absolute Gasteiger partial charge is 0.378 e. The van der Waals surface area contributed by atoms with Gasteiger partial charge in [-0.3, -0.25) is 0 Å². The maximum atomic E-state index is 11.7. The molecule has 0 saturated heterocycles. The summed E-state index contributed by atoms with van der Waals surface area (Å²) >= 11 is 0. The molecule has 124 valence electrons. The molecule has 3 atom stereocenters. The predicted molar refractivity (Wildman–Crippen MR) is 95.3 cm³/mol. The SMILES string of the molecule is Cc1ccccc1C1Nc2ccc(S(N)(=O)=O)cc2C2C=CCC21. The predicted octanol–water partition coefficient (Wildman–Crippen LogP) is 3.47.